The van der Waals surface area contributed by atoms with Crippen molar-refractivity contribution in [3.8, 4) is 0 Å². The predicted octanol–water partition coefficient (Wildman–Crippen LogP) is 1.06. The molecule has 1 unspecified atom stereocenters. The first kappa shape index (κ1) is 8.19. The number of rotatable bonds is 1. The number of hydrogen-bond acceptors (Lipinski definition) is 3. The molecule has 66 valence electrons. The molecule has 3 nitrogen and oxygen atoms in total. The van der Waals surface area contributed by atoms with Crippen LogP contribution in [0.5, 0.6) is 0 Å². The number of nitrogens with two attached hydrogens (primary N) is 1. The van der Waals surface area contributed by atoms with E-state index >= 15 is 0 Å². The van der Waals surface area contributed by atoms with Crippen LogP contribution in [0.4, 0.5) is 0 Å². The SMILES string of the molecule is NC1=NC=C(c2ccccc2)S1=O. The zero-order valence-electron chi connectivity index (χ0n) is 6.81. The lowest BCUT2D eigenvalue weighted by molar-refractivity contribution is 0.695. The molecule has 1 aliphatic heterocycles. The first-order valence-electron chi connectivity index (χ1n) is 3.79. The van der Waals surface area contributed by atoms with Gasteiger partial charge in [0.1, 0.15) is 10.8 Å². The predicted molar refractivity (Wildman–Crippen MR) is 54.2 cm³/mol. The second-order valence-corrected chi connectivity index (χ2v) is 3.99. The summed E-state index contributed by atoms with van der Waals surface area (Å²) < 4.78 is 11.5. The van der Waals surface area contributed by atoms with Gasteiger partial charge in [0.05, 0.1) is 4.91 Å². The van der Waals surface area contributed by atoms with Crippen molar-refractivity contribution in [3.63, 3.8) is 0 Å². The van der Waals surface area contributed by atoms with Gasteiger partial charge in [0.2, 0.25) is 0 Å². The summed E-state index contributed by atoms with van der Waals surface area (Å²) in [5, 5.41) is 0.179. The molecule has 0 radical (unpaired) electrons. The van der Waals surface area contributed by atoms with Crippen LogP contribution in [0.2, 0.25) is 0 Å². The summed E-state index contributed by atoms with van der Waals surface area (Å²) in [5.74, 6) is 0. The zero-order valence-corrected chi connectivity index (χ0v) is 7.62. The third kappa shape index (κ3) is 1.40. The van der Waals surface area contributed by atoms with Crippen molar-refractivity contribution in [2.75, 3.05) is 0 Å². The Morgan fingerprint density at radius 1 is 1.23 bits per heavy atom. The molecule has 0 amide bonds. The minimum Gasteiger partial charge on any atom is -0.376 e. The van der Waals surface area contributed by atoms with Crippen LogP contribution in [-0.2, 0) is 10.8 Å². The molecule has 0 bridgehead atoms. The van der Waals surface area contributed by atoms with Crippen LogP contribution in [0, 0.1) is 0 Å². The van der Waals surface area contributed by atoms with E-state index in [-0.39, 0.29) is 5.17 Å². The minimum absolute atomic E-state index is 0.179. The van der Waals surface area contributed by atoms with Crippen LogP contribution in [0.1, 0.15) is 5.56 Å². The number of aliphatic imine (C=N–C) groups is 1. The fourth-order valence-corrected chi connectivity index (χ4v) is 1.99. The summed E-state index contributed by atoms with van der Waals surface area (Å²) >= 11 is 0. The third-order valence-corrected chi connectivity index (χ3v) is 2.98. The minimum atomic E-state index is -1.27. The molecule has 0 saturated carbocycles. The fourth-order valence-electron chi connectivity index (χ4n) is 1.11. The molecule has 13 heavy (non-hydrogen) atoms. The molecule has 1 aromatic carbocycles. The Hall–Kier alpha value is -1.42. The maximum atomic E-state index is 11.5. The summed E-state index contributed by atoms with van der Waals surface area (Å²) in [6, 6.07) is 9.46. The molecular weight excluding hydrogens is 184 g/mol. The zero-order chi connectivity index (χ0) is 9.26. The topological polar surface area (TPSA) is 55.4 Å². The van der Waals surface area contributed by atoms with E-state index in [1.165, 1.54) is 0 Å². The summed E-state index contributed by atoms with van der Waals surface area (Å²) in [4.78, 5) is 4.49. The maximum Gasteiger partial charge on any atom is 0.194 e. The molecule has 1 heterocycles. The fraction of sp³-hybridized carbons (Fsp3) is 0. The van der Waals surface area contributed by atoms with Crippen molar-refractivity contribution in [2.45, 2.75) is 0 Å². The summed E-state index contributed by atoms with van der Waals surface area (Å²) in [5.41, 5.74) is 6.31. The monoisotopic (exact) mass is 192 g/mol. The van der Waals surface area contributed by atoms with Crippen molar-refractivity contribution in [1.82, 2.24) is 0 Å². The summed E-state index contributed by atoms with van der Waals surface area (Å²) in [6.07, 6.45) is 1.56. The highest BCUT2D eigenvalue weighted by Gasteiger charge is 2.18. The average molecular weight is 192 g/mol. The Morgan fingerprint density at radius 3 is 2.46 bits per heavy atom. The van der Waals surface area contributed by atoms with E-state index in [9.17, 15) is 4.21 Å². The van der Waals surface area contributed by atoms with Crippen molar-refractivity contribution >= 4 is 20.9 Å². The molecule has 0 saturated heterocycles. The van der Waals surface area contributed by atoms with E-state index in [1.54, 1.807) is 6.20 Å². The van der Waals surface area contributed by atoms with Crippen molar-refractivity contribution in [1.29, 1.82) is 0 Å². The highest BCUT2D eigenvalue weighted by atomic mass is 32.2. The molecule has 1 aromatic rings. The van der Waals surface area contributed by atoms with Crippen LogP contribution < -0.4 is 5.73 Å². The third-order valence-electron chi connectivity index (χ3n) is 1.76. The van der Waals surface area contributed by atoms with Gasteiger partial charge in [-0.25, -0.2) is 9.20 Å². The van der Waals surface area contributed by atoms with Crippen LogP contribution in [-0.4, -0.2) is 9.38 Å². The van der Waals surface area contributed by atoms with Gasteiger partial charge in [0.15, 0.2) is 5.17 Å². The van der Waals surface area contributed by atoms with E-state index in [0.717, 1.165) is 5.56 Å². The molecular formula is C9H8N2OS. The molecule has 0 aromatic heterocycles. The lowest BCUT2D eigenvalue weighted by Gasteiger charge is -1.99. The van der Waals surface area contributed by atoms with Crippen molar-refractivity contribution < 1.29 is 4.21 Å². The molecule has 0 fully saturated rings. The van der Waals surface area contributed by atoms with E-state index in [4.69, 9.17) is 5.73 Å². The van der Waals surface area contributed by atoms with Gasteiger partial charge in [0, 0.05) is 6.20 Å². The second-order valence-electron chi connectivity index (χ2n) is 2.60. The van der Waals surface area contributed by atoms with E-state index in [0.29, 0.717) is 4.91 Å². The first-order valence-corrected chi connectivity index (χ1v) is 4.94. The average Bonchev–Trinajstić information content (AvgIpc) is 2.49. The smallest absolute Gasteiger partial charge is 0.194 e. The number of amidine groups is 1. The largest absolute Gasteiger partial charge is 0.376 e. The van der Waals surface area contributed by atoms with Gasteiger partial charge in [-0.3, -0.25) is 0 Å². The Morgan fingerprint density at radius 2 is 1.92 bits per heavy atom. The molecule has 1 aliphatic rings. The first-order chi connectivity index (χ1) is 6.29. The highest BCUT2D eigenvalue weighted by molar-refractivity contribution is 8.09. The Kier molecular flexibility index (Phi) is 1.98. The standard InChI is InChI=1S/C9H8N2OS/c10-9-11-6-8(13(9)12)7-4-2-1-3-5-7/h1-6H,(H2,10,11). The van der Waals surface area contributed by atoms with Crippen LogP contribution in [0.15, 0.2) is 41.5 Å². The van der Waals surface area contributed by atoms with Gasteiger partial charge < -0.3 is 5.73 Å². The highest BCUT2D eigenvalue weighted by Crippen LogP contribution is 2.22. The quantitative estimate of drug-likeness (QED) is 0.723. The summed E-state index contributed by atoms with van der Waals surface area (Å²) in [7, 11) is -1.27. The van der Waals surface area contributed by atoms with Crippen LogP contribution >= 0.6 is 0 Å². The van der Waals surface area contributed by atoms with Crippen molar-refractivity contribution in [3.05, 3.63) is 42.1 Å². The molecule has 4 heteroatoms. The Balaban J connectivity index is 2.38. The maximum absolute atomic E-state index is 11.5. The molecule has 1 atom stereocenters. The Bertz CT molecular complexity index is 409. The van der Waals surface area contributed by atoms with Crippen LogP contribution in [0.25, 0.3) is 4.91 Å². The van der Waals surface area contributed by atoms with E-state index in [2.05, 4.69) is 4.99 Å². The molecule has 0 spiro atoms. The molecule has 2 rings (SSSR count). The second kappa shape index (κ2) is 3.14. The van der Waals surface area contributed by atoms with E-state index < -0.39 is 10.8 Å². The van der Waals surface area contributed by atoms with E-state index in [1.807, 2.05) is 30.3 Å². The van der Waals surface area contributed by atoms with Gasteiger partial charge in [-0.15, -0.1) is 0 Å². The van der Waals surface area contributed by atoms with Gasteiger partial charge in [-0.2, -0.15) is 0 Å². The normalized spacial score (nSPS) is 21.1. The molecule has 0 aliphatic carbocycles. The lowest BCUT2D eigenvalue weighted by atomic mass is 10.2. The van der Waals surface area contributed by atoms with Gasteiger partial charge in [-0.1, -0.05) is 30.3 Å². The van der Waals surface area contributed by atoms with Crippen molar-refractivity contribution in [2.24, 2.45) is 10.7 Å². The number of hydrogen-bond donors (Lipinski definition) is 1. The lowest BCUT2D eigenvalue weighted by Crippen LogP contribution is -2.15. The van der Waals surface area contributed by atoms with Gasteiger partial charge in [-0.05, 0) is 5.56 Å². The summed E-state index contributed by atoms with van der Waals surface area (Å²) in [6.45, 7) is 0. The Labute approximate surface area is 78.4 Å². The van der Waals surface area contributed by atoms with Gasteiger partial charge in [0.25, 0.3) is 0 Å². The van der Waals surface area contributed by atoms with Crippen LogP contribution in [0.3, 0.4) is 0 Å². The number of nitrogens with zero attached hydrogens (tertiary/aromatic N) is 1. The number of benzene rings is 1. The molecule has 2 N–H and O–H groups in total. The van der Waals surface area contributed by atoms with Gasteiger partial charge >= 0.3 is 0 Å².